The second-order valence-corrected chi connectivity index (χ2v) is 7.96. The first kappa shape index (κ1) is 17.8. The van der Waals surface area contributed by atoms with Crippen molar-refractivity contribution in [3.8, 4) is 5.69 Å². The van der Waals surface area contributed by atoms with Crippen LogP contribution in [0.25, 0.3) is 5.69 Å². The molecule has 0 aliphatic carbocycles. The third kappa shape index (κ3) is 3.90. The molecule has 1 aliphatic heterocycles. The lowest BCUT2D eigenvalue weighted by molar-refractivity contribution is 0.0760. The molecule has 0 N–H and O–H groups in total. The highest BCUT2D eigenvalue weighted by atomic mass is 32.2. The van der Waals surface area contributed by atoms with Crippen molar-refractivity contribution >= 4 is 17.7 Å². The summed E-state index contributed by atoms with van der Waals surface area (Å²) < 4.78 is 0. The van der Waals surface area contributed by atoms with Gasteiger partial charge in [-0.05, 0) is 36.6 Å². The summed E-state index contributed by atoms with van der Waals surface area (Å²) in [4.78, 5) is 16.3. The van der Waals surface area contributed by atoms with Crippen molar-refractivity contribution in [1.29, 1.82) is 0 Å². The number of carbonyl (C=O) groups excluding carboxylic acids is 1. The fourth-order valence-corrected chi connectivity index (χ4v) is 4.70. The number of carbonyl (C=O) groups is 1. The van der Waals surface area contributed by atoms with Gasteiger partial charge in [0, 0.05) is 24.1 Å². The molecule has 0 bridgehead atoms. The van der Waals surface area contributed by atoms with E-state index in [1.54, 1.807) is 6.20 Å². The average Bonchev–Trinajstić information content (AvgIpc) is 3.07. The lowest BCUT2D eigenvalue weighted by Gasteiger charge is -2.19. The van der Waals surface area contributed by atoms with Crippen LogP contribution in [0.5, 0.6) is 0 Å². The Kier molecular flexibility index (Phi) is 5.25. The molecule has 2 heterocycles. The normalized spacial score (nSPS) is 17.5. The Hall–Kier alpha value is -2.60. The van der Waals surface area contributed by atoms with Crippen molar-refractivity contribution in [1.82, 2.24) is 19.9 Å². The minimum absolute atomic E-state index is 0.0387. The zero-order chi connectivity index (χ0) is 18.6. The van der Waals surface area contributed by atoms with Gasteiger partial charge in [0.2, 0.25) is 0 Å². The first-order valence-electron chi connectivity index (χ1n) is 9.16. The fraction of sp³-hybridized carbons (Fsp3) is 0.286. The molecule has 1 aliphatic rings. The third-order valence-electron chi connectivity index (χ3n) is 4.86. The van der Waals surface area contributed by atoms with E-state index in [4.69, 9.17) is 0 Å². The number of hydrogen-bond donors (Lipinski definition) is 0. The van der Waals surface area contributed by atoms with E-state index in [0.29, 0.717) is 10.9 Å². The van der Waals surface area contributed by atoms with Crippen LogP contribution in [0.15, 0.2) is 60.8 Å². The number of aryl methyl sites for hydroxylation is 1. The number of thioether (sulfide) groups is 1. The number of para-hydroxylation sites is 1. The molecule has 0 radical (unpaired) electrons. The Morgan fingerprint density at radius 3 is 2.67 bits per heavy atom. The fourth-order valence-electron chi connectivity index (χ4n) is 3.38. The Morgan fingerprint density at radius 1 is 1.07 bits per heavy atom. The smallest absolute Gasteiger partial charge is 0.276 e. The van der Waals surface area contributed by atoms with Gasteiger partial charge in [0.1, 0.15) is 0 Å². The molecular weight excluding hydrogens is 356 g/mol. The first-order valence-corrected chi connectivity index (χ1v) is 10.2. The van der Waals surface area contributed by atoms with E-state index in [2.05, 4.69) is 41.4 Å². The summed E-state index contributed by atoms with van der Waals surface area (Å²) in [5, 5.41) is 9.07. The van der Waals surface area contributed by atoms with Crippen molar-refractivity contribution in [3.05, 3.63) is 77.6 Å². The van der Waals surface area contributed by atoms with E-state index in [1.807, 2.05) is 47.0 Å². The highest BCUT2D eigenvalue weighted by Gasteiger charge is 2.25. The first-order chi connectivity index (χ1) is 13.2. The highest BCUT2D eigenvalue weighted by molar-refractivity contribution is 7.99. The van der Waals surface area contributed by atoms with Crippen molar-refractivity contribution < 1.29 is 4.79 Å². The average molecular weight is 379 g/mol. The van der Waals surface area contributed by atoms with Gasteiger partial charge in [0.25, 0.3) is 5.91 Å². The van der Waals surface area contributed by atoms with Gasteiger partial charge < -0.3 is 4.90 Å². The van der Waals surface area contributed by atoms with Crippen LogP contribution >= 0.6 is 11.8 Å². The monoisotopic (exact) mass is 378 g/mol. The van der Waals surface area contributed by atoms with Crippen LogP contribution in [0.1, 0.15) is 33.3 Å². The summed E-state index contributed by atoms with van der Waals surface area (Å²) in [6.07, 6.45) is 2.51. The van der Waals surface area contributed by atoms with Crippen molar-refractivity contribution in [2.24, 2.45) is 0 Å². The molecule has 138 valence electrons. The molecule has 1 atom stereocenters. The molecule has 1 aromatic heterocycles. The van der Waals surface area contributed by atoms with E-state index in [9.17, 15) is 4.79 Å². The largest absolute Gasteiger partial charge is 0.336 e. The van der Waals surface area contributed by atoms with Crippen LogP contribution in [0.3, 0.4) is 0 Å². The predicted octanol–water partition coefficient (Wildman–Crippen LogP) is 3.90. The van der Waals surface area contributed by atoms with Gasteiger partial charge in [-0.1, -0.05) is 42.5 Å². The predicted molar refractivity (Wildman–Crippen MR) is 108 cm³/mol. The molecule has 27 heavy (non-hydrogen) atoms. The molecule has 0 spiro atoms. The van der Waals surface area contributed by atoms with Crippen LogP contribution in [-0.4, -0.2) is 44.6 Å². The number of benzene rings is 2. The maximum Gasteiger partial charge on any atom is 0.276 e. The highest BCUT2D eigenvalue weighted by Crippen LogP contribution is 2.36. The number of hydrogen-bond acceptors (Lipinski definition) is 4. The van der Waals surface area contributed by atoms with Crippen LogP contribution in [-0.2, 0) is 0 Å². The number of rotatable bonds is 3. The maximum absolute atomic E-state index is 12.9. The lowest BCUT2D eigenvalue weighted by atomic mass is 10.0. The van der Waals surface area contributed by atoms with Gasteiger partial charge in [0.15, 0.2) is 5.69 Å². The van der Waals surface area contributed by atoms with E-state index in [1.165, 1.54) is 15.9 Å². The lowest BCUT2D eigenvalue weighted by Crippen LogP contribution is -2.33. The molecule has 1 unspecified atom stereocenters. The Labute approximate surface area is 163 Å². The topological polar surface area (TPSA) is 51.0 Å². The minimum atomic E-state index is -0.0387. The zero-order valence-electron chi connectivity index (χ0n) is 15.3. The van der Waals surface area contributed by atoms with Gasteiger partial charge >= 0.3 is 0 Å². The van der Waals surface area contributed by atoms with E-state index < -0.39 is 0 Å². The maximum atomic E-state index is 12.9. The molecule has 1 saturated heterocycles. The summed E-state index contributed by atoms with van der Waals surface area (Å²) in [6, 6.07) is 18.2. The molecule has 4 rings (SSSR count). The molecule has 1 amide bonds. The van der Waals surface area contributed by atoms with Crippen molar-refractivity contribution in [2.75, 3.05) is 18.8 Å². The standard InChI is InChI=1S/C21H22N4OS/c1-16-7-5-6-10-18(16)20-11-12-24(13-14-27-20)21(26)19-15-22-25(23-19)17-8-3-2-4-9-17/h2-10,15,20H,11-14H2,1H3. The molecule has 1 fully saturated rings. The second kappa shape index (κ2) is 7.96. The minimum Gasteiger partial charge on any atom is -0.336 e. The number of nitrogens with zero attached hydrogens (tertiary/aromatic N) is 4. The zero-order valence-corrected chi connectivity index (χ0v) is 16.1. The van der Waals surface area contributed by atoms with Crippen molar-refractivity contribution in [2.45, 2.75) is 18.6 Å². The van der Waals surface area contributed by atoms with E-state index in [0.717, 1.165) is 31.0 Å². The van der Waals surface area contributed by atoms with Crippen LogP contribution in [0, 0.1) is 6.92 Å². The molecular formula is C21H22N4OS. The Morgan fingerprint density at radius 2 is 1.85 bits per heavy atom. The van der Waals surface area contributed by atoms with Gasteiger partial charge in [0.05, 0.1) is 11.9 Å². The molecule has 2 aromatic carbocycles. The van der Waals surface area contributed by atoms with Gasteiger partial charge in [-0.25, -0.2) is 0 Å². The quantitative estimate of drug-likeness (QED) is 0.694. The van der Waals surface area contributed by atoms with Crippen LogP contribution in [0.4, 0.5) is 0 Å². The summed E-state index contributed by atoms with van der Waals surface area (Å²) in [6.45, 7) is 3.64. The summed E-state index contributed by atoms with van der Waals surface area (Å²) >= 11 is 1.93. The Bertz CT molecular complexity index is 925. The van der Waals surface area contributed by atoms with E-state index >= 15 is 0 Å². The van der Waals surface area contributed by atoms with Gasteiger partial charge in [-0.3, -0.25) is 4.79 Å². The molecule has 5 nitrogen and oxygen atoms in total. The third-order valence-corrected chi connectivity index (χ3v) is 6.17. The number of aromatic nitrogens is 3. The van der Waals surface area contributed by atoms with Crippen LogP contribution in [0.2, 0.25) is 0 Å². The van der Waals surface area contributed by atoms with Crippen molar-refractivity contribution in [3.63, 3.8) is 0 Å². The molecule has 6 heteroatoms. The molecule has 0 saturated carbocycles. The second-order valence-electron chi connectivity index (χ2n) is 6.65. The number of amides is 1. The van der Waals surface area contributed by atoms with Gasteiger partial charge in [-0.2, -0.15) is 21.7 Å². The molecule has 3 aromatic rings. The van der Waals surface area contributed by atoms with Gasteiger partial charge in [-0.15, -0.1) is 5.10 Å². The SMILES string of the molecule is Cc1ccccc1C1CCN(C(=O)c2cnn(-c3ccccc3)n2)CCS1. The summed E-state index contributed by atoms with van der Waals surface area (Å²) in [5.41, 5.74) is 3.95. The van der Waals surface area contributed by atoms with E-state index in [-0.39, 0.29) is 5.91 Å². The van der Waals surface area contributed by atoms with Crippen LogP contribution < -0.4 is 0 Å². The summed E-state index contributed by atoms with van der Waals surface area (Å²) in [7, 11) is 0. The Balaban J connectivity index is 1.46. The summed E-state index contributed by atoms with van der Waals surface area (Å²) in [5.74, 6) is 0.889.